The van der Waals surface area contributed by atoms with Gasteiger partial charge in [0.15, 0.2) is 12.2 Å². The molecule has 0 aliphatic rings. The van der Waals surface area contributed by atoms with Crippen LogP contribution in [-0.4, -0.2) is 96.7 Å². The number of unbranched alkanes of at least 4 members (excludes halogenated alkanes) is 44. The molecule has 0 aromatic carbocycles. The monoisotopic (exact) mass is 1400 g/mol. The molecule has 0 fully saturated rings. The van der Waals surface area contributed by atoms with Crippen LogP contribution in [0.25, 0.3) is 0 Å². The minimum Gasteiger partial charge on any atom is -0.462 e. The summed E-state index contributed by atoms with van der Waals surface area (Å²) in [5.41, 5.74) is 0. The summed E-state index contributed by atoms with van der Waals surface area (Å²) in [5.74, 6) is -0.549. The van der Waals surface area contributed by atoms with Gasteiger partial charge in [0.05, 0.1) is 26.4 Å². The van der Waals surface area contributed by atoms with Crippen molar-refractivity contribution in [1.29, 1.82) is 0 Å². The molecule has 0 spiro atoms. The first-order valence-electron chi connectivity index (χ1n) is 39.5. The molecule has 17 nitrogen and oxygen atoms in total. The molecule has 3 unspecified atom stereocenters. The summed E-state index contributed by atoms with van der Waals surface area (Å²) in [7, 11) is -9.91. The molecule has 0 rings (SSSR count). The van der Waals surface area contributed by atoms with Crippen molar-refractivity contribution in [2.75, 3.05) is 39.6 Å². The summed E-state index contributed by atoms with van der Waals surface area (Å²) in [6.45, 7) is 9.62. The average Bonchev–Trinajstić information content (AvgIpc) is 3.58. The molecule has 0 aliphatic carbocycles. The Balaban J connectivity index is 5.26. The van der Waals surface area contributed by atoms with Gasteiger partial charge in [0.2, 0.25) is 0 Å². The van der Waals surface area contributed by atoms with E-state index in [2.05, 4.69) is 41.5 Å². The van der Waals surface area contributed by atoms with Gasteiger partial charge in [0.1, 0.15) is 19.3 Å². The van der Waals surface area contributed by atoms with Crippen molar-refractivity contribution in [1.82, 2.24) is 0 Å². The number of aliphatic hydroxyl groups excluding tert-OH is 1. The molecule has 0 saturated heterocycles. The first-order chi connectivity index (χ1) is 45.9. The third-order valence-electron chi connectivity index (χ3n) is 18.1. The predicted molar refractivity (Wildman–Crippen MR) is 386 cm³/mol. The van der Waals surface area contributed by atoms with Crippen molar-refractivity contribution in [3.8, 4) is 0 Å². The van der Waals surface area contributed by atoms with Crippen LogP contribution in [0, 0.1) is 11.8 Å². The van der Waals surface area contributed by atoms with Crippen LogP contribution in [0.5, 0.6) is 0 Å². The van der Waals surface area contributed by atoms with E-state index in [0.717, 1.165) is 102 Å². The largest absolute Gasteiger partial charge is 0.472 e. The Morgan fingerprint density at radius 2 is 0.537 bits per heavy atom. The predicted octanol–water partition coefficient (Wildman–Crippen LogP) is 22.3. The van der Waals surface area contributed by atoms with E-state index in [-0.39, 0.29) is 25.7 Å². The number of carbonyl (C=O) groups excluding carboxylic acids is 4. The fourth-order valence-electron chi connectivity index (χ4n) is 11.6. The molecular formula is C76H148O17P2. The molecule has 95 heavy (non-hydrogen) atoms. The van der Waals surface area contributed by atoms with Crippen LogP contribution in [-0.2, 0) is 65.4 Å². The van der Waals surface area contributed by atoms with E-state index >= 15 is 0 Å². The van der Waals surface area contributed by atoms with Crippen molar-refractivity contribution >= 4 is 39.5 Å². The highest BCUT2D eigenvalue weighted by molar-refractivity contribution is 7.47. The Hall–Kier alpha value is -1.94. The van der Waals surface area contributed by atoms with Crippen LogP contribution in [0.3, 0.4) is 0 Å². The van der Waals surface area contributed by atoms with Crippen molar-refractivity contribution in [3.05, 3.63) is 0 Å². The quantitative estimate of drug-likeness (QED) is 0.0222. The SMILES string of the molecule is CCCCCCCCCCCCCCCCC(=O)OC[C@H](COP(=O)(O)OC[C@@H](O)COP(=O)(O)OC[C@@H](COC(=O)CCCCCCCCCCCCCC)OC(=O)CCCCCCCCCCC(C)CC)OC(=O)CCCCCCCCCCCCCCCCC(C)C. The van der Waals surface area contributed by atoms with E-state index < -0.39 is 97.5 Å². The Bertz CT molecular complexity index is 1840. The third kappa shape index (κ3) is 69.0. The Morgan fingerprint density at radius 3 is 0.800 bits per heavy atom. The number of ether oxygens (including phenoxy) is 4. The third-order valence-corrected chi connectivity index (χ3v) is 20.0. The normalized spacial score (nSPS) is 14.3. The van der Waals surface area contributed by atoms with Gasteiger partial charge in [0.25, 0.3) is 0 Å². The molecule has 6 atom stereocenters. The summed E-state index contributed by atoms with van der Waals surface area (Å²) < 4.78 is 68.6. The minimum atomic E-state index is -4.96. The van der Waals surface area contributed by atoms with E-state index in [9.17, 15) is 43.2 Å². The lowest BCUT2D eigenvalue weighted by Gasteiger charge is -2.21. The summed E-state index contributed by atoms with van der Waals surface area (Å²) in [5, 5.41) is 10.6. The van der Waals surface area contributed by atoms with Gasteiger partial charge in [-0.3, -0.25) is 37.3 Å². The van der Waals surface area contributed by atoms with Gasteiger partial charge in [-0.2, -0.15) is 0 Å². The smallest absolute Gasteiger partial charge is 0.462 e. The van der Waals surface area contributed by atoms with Gasteiger partial charge in [-0.25, -0.2) is 9.13 Å². The summed E-state index contributed by atoms with van der Waals surface area (Å²) >= 11 is 0. The van der Waals surface area contributed by atoms with Crippen LogP contribution in [0.2, 0.25) is 0 Å². The Morgan fingerprint density at radius 1 is 0.305 bits per heavy atom. The molecule has 0 saturated carbocycles. The summed E-state index contributed by atoms with van der Waals surface area (Å²) in [6, 6.07) is 0. The standard InChI is InChI=1S/C76H148O17P2/c1-7-10-12-14-16-18-20-22-26-30-34-41-47-53-59-74(79)86-64-71(92-75(80)60-54-48-42-35-31-27-24-23-25-28-32-38-44-50-56-68(4)5)66-90-94(82,83)88-62-70(77)63-89-95(84,85)91-67-72(93-76(81)61-55-49-43-37-36-39-45-51-57-69(6)9-3)65-87-73(78)58-52-46-40-33-29-21-19-17-15-13-11-8-2/h68-72,77H,7-67H2,1-6H3,(H,82,83)(H,84,85)/t69?,70-,71-,72-/m1/s1. The number of aliphatic hydroxyl groups is 1. The maximum absolute atomic E-state index is 13.1. The molecule has 3 N–H and O–H groups in total. The zero-order valence-corrected chi connectivity index (χ0v) is 63.8. The number of hydrogen-bond donors (Lipinski definition) is 3. The highest BCUT2D eigenvalue weighted by Crippen LogP contribution is 2.45. The fourth-order valence-corrected chi connectivity index (χ4v) is 13.2. The van der Waals surface area contributed by atoms with E-state index in [1.54, 1.807) is 0 Å². The van der Waals surface area contributed by atoms with Crippen LogP contribution >= 0.6 is 15.6 Å². The van der Waals surface area contributed by atoms with Gasteiger partial charge in [0, 0.05) is 25.7 Å². The van der Waals surface area contributed by atoms with Crippen LogP contribution in [0.4, 0.5) is 0 Å². The second-order valence-electron chi connectivity index (χ2n) is 28.1. The molecule has 564 valence electrons. The topological polar surface area (TPSA) is 237 Å². The maximum Gasteiger partial charge on any atom is 0.472 e. The van der Waals surface area contributed by atoms with Gasteiger partial charge < -0.3 is 33.8 Å². The molecule has 0 aromatic heterocycles. The maximum atomic E-state index is 13.1. The summed E-state index contributed by atoms with van der Waals surface area (Å²) in [4.78, 5) is 72.8. The number of carbonyl (C=O) groups is 4. The molecule has 0 heterocycles. The lowest BCUT2D eigenvalue weighted by atomic mass is 9.99. The van der Waals surface area contributed by atoms with Crippen molar-refractivity contribution in [2.45, 2.75) is 413 Å². The molecule has 0 amide bonds. The lowest BCUT2D eigenvalue weighted by molar-refractivity contribution is -0.161. The van der Waals surface area contributed by atoms with Crippen LogP contribution < -0.4 is 0 Å². The zero-order chi connectivity index (χ0) is 70.0. The number of hydrogen-bond acceptors (Lipinski definition) is 15. The van der Waals surface area contributed by atoms with Crippen molar-refractivity contribution in [2.24, 2.45) is 11.8 Å². The number of phosphoric acid groups is 2. The molecule has 0 aliphatic heterocycles. The Kier molecular flexibility index (Phi) is 66.5. The van der Waals surface area contributed by atoms with Gasteiger partial charge in [-0.05, 0) is 37.5 Å². The first kappa shape index (κ1) is 93.1. The Labute approximate surface area is 581 Å². The van der Waals surface area contributed by atoms with E-state index in [1.807, 2.05) is 0 Å². The number of esters is 4. The van der Waals surface area contributed by atoms with E-state index in [0.29, 0.717) is 25.7 Å². The second-order valence-corrected chi connectivity index (χ2v) is 31.0. The van der Waals surface area contributed by atoms with Gasteiger partial charge >= 0.3 is 39.5 Å². The molecule has 0 radical (unpaired) electrons. The highest BCUT2D eigenvalue weighted by Gasteiger charge is 2.30. The highest BCUT2D eigenvalue weighted by atomic mass is 31.2. The van der Waals surface area contributed by atoms with E-state index in [1.165, 1.54) is 212 Å². The minimum absolute atomic E-state index is 0.105. The molecular weight excluding hydrogens is 1250 g/mol. The van der Waals surface area contributed by atoms with Crippen LogP contribution in [0.15, 0.2) is 0 Å². The zero-order valence-electron chi connectivity index (χ0n) is 62.0. The fraction of sp³-hybridized carbons (Fsp3) is 0.947. The van der Waals surface area contributed by atoms with Gasteiger partial charge in [-0.1, -0.05) is 343 Å². The lowest BCUT2D eigenvalue weighted by Crippen LogP contribution is -2.30. The molecule has 0 bridgehead atoms. The molecule has 19 heteroatoms. The first-order valence-corrected chi connectivity index (χ1v) is 42.5. The molecule has 0 aromatic rings. The van der Waals surface area contributed by atoms with E-state index in [4.69, 9.17) is 37.0 Å². The second kappa shape index (κ2) is 67.9. The number of phosphoric ester groups is 2. The number of rotatable bonds is 75. The summed E-state index contributed by atoms with van der Waals surface area (Å²) in [6.07, 6.45) is 55.3. The average molecular weight is 1400 g/mol. The van der Waals surface area contributed by atoms with Crippen LogP contribution in [0.1, 0.15) is 395 Å². The van der Waals surface area contributed by atoms with Gasteiger partial charge in [-0.15, -0.1) is 0 Å². The van der Waals surface area contributed by atoms with Crippen molar-refractivity contribution in [3.63, 3.8) is 0 Å². The van der Waals surface area contributed by atoms with Crippen molar-refractivity contribution < 1.29 is 80.2 Å².